The maximum absolute atomic E-state index is 5.50. The molecule has 0 spiro atoms. The molecule has 0 unspecified atom stereocenters. The SMILES string of the molecule is C=Nc1c(N)nc(N)nc1NC. The molecule has 0 atom stereocenters. The number of nitrogen functional groups attached to an aromatic ring is 2. The van der Waals surface area contributed by atoms with Crippen LogP contribution in [0, 0.1) is 0 Å². The van der Waals surface area contributed by atoms with E-state index in [0.717, 1.165) is 0 Å². The van der Waals surface area contributed by atoms with Crippen molar-refractivity contribution in [2.75, 3.05) is 23.8 Å². The van der Waals surface area contributed by atoms with E-state index in [1.165, 1.54) is 0 Å². The lowest BCUT2D eigenvalue weighted by Crippen LogP contribution is -2.03. The Bertz CT molecular complexity index is 307. The molecule has 1 heterocycles. The third-order valence-electron chi connectivity index (χ3n) is 1.32. The van der Waals surface area contributed by atoms with E-state index in [1.54, 1.807) is 7.05 Å². The highest BCUT2D eigenvalue weighted by molar-refractivity contribution is 5.75. The number of hydrogen-bond donors (Lipinski definition) is 3. The van der Waals surface area contributed by atoms with Gasteiger partial charge in [-0.25, -0.2) is 0 Å². The number of rotatable bonds is 2. The normalized spacial score (nSPS) is 9.42. The van der Waals surface area contributed by atoms with Crippen LogP contribution >= 0.6 is 0 Å². The molecule has 0 amide bonds. The summed E-state index contributed by atoms with van der Waals surface area (Å²) in [6, 6.07) is 0. The van der Waals surface area contributed by atoms with Gasteiger partial charge in [0.25, 0.3) is 0 Å². The van der Waals surface area contributed by atoms with Gasteiger partial charge in [0.2, 0.25) is 5.95 Å². The summed E-state index contributed by atoms with van der Waals surface area (Å²) in [5.74, 6) is 0.820. The van der Waals surface area contributed by atoms with Gasteiger partial charge in [-0.15, -0.1) is 0 Å². The van der Waals surface area contributed by atoms with Crippen molar-refractivity contribution in [1.82, 2.24) is 9.97 Å². The van der Waals surface area contributed by atoms with Crippen LogP contribution in [-0.2, 0) is 0 Å². The van der Waals surface area contributed by atoms with E-state index in [2.05, 4.69) is 27.0 Å². The predicted octanol–water partition coefficient (Wildman–Crippen LogP) is 0.0148. The first-order valence-electron chi connectivity index (χ1n) is 3.26. The van der Waals surface area contributed by atoms with Gasteiger partial charge < -0.3 is 16.8 Å². The van der Waals surface area contributed by atoms with E-state index >= 15 is 0 Å². The van der Waals surface area contributed by atoms with E-state index in [9.17, 15) is 0 Å². The van der Waals surface area contributed by atoms with Crippen LogP contribution in [0.4, 0.5) is 23.3 Å². The van der Waals surface area contributed by atoms with Crippen LogP contribution in [-0.4, -0.2) is 23.7 Å². The average molecular weight is 166 g/mol. The predicted molar refractivity (Wildman–Crippen MR) is 49.6 cm³/mol. The Labute approximate surface area is 69.7 Å². The molecular formula is C6H10N6. The van der Waals surface area contributed by atoms with Crippen LogP contribution in [0.1, 0.15) is 0 Å². The molecule has 0 aliphatic carbocycles. The fourth-order valence-electron chi connectivity index (χ4n) is 0.820. The number of nitrogens with one attached hydrogen (secondary N) is 1. The zero-order valence-corrected chi connectivity index (χ0v) is 6.70. The van der Waals surface area contributed by atoms with Crippen molar-refractivity contribution in [3.05, 3.63) is 0 Å². The maximum Gasteiger partial charge on any atom is 0.224 e. The third kappa shape index (κ3) is 1.26. The fraction of sp³-hybridized carbons (Fsp3) is 0.167. The lowest BCUT2D eigenvalue weighted by molar-refractivity contribution is 1.18. The average Bonchev–Trinajstić information content (AvgIpc) is 2.03. The summed E-state index contributed by atoms with van der Waals surface area (Å²) in [6.45, 7) is 3.34. The molecule has 1 aromatic rings. The highest BCUT2D eigenvalue weighted by Crippen LogP contribution is 2.27. The van der Waals surface area contributed by atoms with Gasteiger partial charge in [0, 0.05) is 7.05 Å². The molecule has 6 heteroatoms. The van der Waals surface area contributed by atoms with Crippen LogP contribution in [0.2, 0.25) is 0 Å². The lowest BCUT2D eigenvalue weighted by atomic mass is 10.4. The molecule has 0 aromatic carbocycles. The molecule has 5 N–H and O–H groups in total. The number of anilines is 3. The number of nitrogens with zero attached hydrogens (tertiary/aromatic N) is 3. The molecule has 12 heavy (non-hydrogen) atoms. The molecule has 0 radical (unpaired) electrons. The van der Waals surface area contributed by atoms with Gasteiger partial charge in [-0.1, -0.05) is 0 Å². The van der Waals surface area contributed by atoms with Gasteiger partial charge in [-0.3, -0.25) is 4.99 Å². The summed E-state index contributed by atoms with van der Waals surface area (Å²) in [5.41, 5.74) is 11.3. The van der Waals surface area contributed by atoms with E-state index in [4.69, 9.17) is 11.5 Å². The summed E-state index contributed by atoms with van der Waals surface area (Å²) >= 11 is 0. The Balaban J connectivity index is 3.33. The monoisotopic (exact) mass is 166 g/mol. The summed E-state index contributed by atoms with van der Waals surface area (Å²) in [5, 5.41) is 2.78. The van der Waals surface area contributed by atoms with Gasteiger partial charge in [0.1, 0.15) is 5.69 Å². The second-order valence-electron chi connectivity index (χ2n) is 2.07. The van der Waals surface area contributed by atoms with Gasteiger partial charge >= 0.3 is 0 Å². The van der Waals surface area contributed by atoms with Gasteiger partial charge in [-0.05, 0) is 6.72 Å². The van der Waals surface area contributed by atoms with Crippen molar-refractivity contribution < 1.29 is 0 Å². The van der Waals surface area contributed by atoms with E-state index in [-0.39, 0.29) is 11.8 Å². The first-order valence-corrected chi connectivity index (χ1v) is 3.26. The van der Waals surface area contributed by atoms with Crippen LogP contribution in [0.3, 0.4) is 0 Å². The minimum Gasteiger partial charge on any atom is -0.382 e. The number of hydrogen-bond acceptors (Lipinski definition) is 6. The number of aromatic nitrogens is 2. The molecule has 0 fully saturated rings. The minimum atomic E-state index is 0.115. The first-order chi connectivity index (χ1) is 5.69. The van der Waals surface area contributed by atoms with Gasteiger partial charge in [0.15, 0.2) is 11.6 Å². The van der Waals surface area contributed by atoms with Crippen molar-refractivity contribution in [2.45, 2.75) is 0 Å². The highest BCUT2D eigenvalue weighted by atomic mass is 15.1. The first kappa shape index (κ1) is 8.25. The van der Waals surface area contributed by atoms with E-state index in [1.807, 2.05) is 0 Å². The van der Waals surface area contributed by atoms with Crippen molar-refractivity contribution >= 4 is 30.0 Å². The number of nitrogens with two attached hydrogens (primary N) is 2. The Hall–Kier alpha value is -1.85. The Kier molecular flexibility index (Phi) is 2.09. The lowest BCUT2D eigenvalue weighted by Gasteiger charge is -2.05. The van der Waals surface area contributed by atoms with Crippen molar-refractivity contribution in [3.63, 3.8) is 0 Å². The van der Waals surface area contributed by atoms with Crippen molar-refractivity contribution in [3.8, 4) is 0 Å². The molecule has 0 saturated heterocycles. The quantitative estimate of drug-likeness (QED) is 0.537. The van der Waals surface area contributed by atoms with Crippen LogP contribution in [0.5, 0.6) is 0 Å². The molecule has 1 rings (SSSR count). The number of aliphatic imine (C=N–C) groups is 1. The van der Waals surface area contributed by atoms with Crippen LogP contribution < -0.4 is 16.8 Å². The summed E-state index contributed by atoms with van der Waals surface area (Å²) in [7, 11) is 1.69. The zero-order chi connectivity index (χ0) is 9.14. The molecule has 1 aromatic heterocycles. The Morgan fingerprint density at radius 1 is 1.42 bits per heavy atom. The van der Waals surface area contributed by atoms with E-state index in [0.29, 0.717) is 11.5 Å². The fourth-order valence-corrected chi connectivity index (χ4v) is 0.820. The molecule has 0 bridgehead atoms. The smallest absolute Gasteiger partial charge is 0.224 e. The summed E-state index contributed by atoms with van der Waals surface area (Å²) in [4.78, 5) is 11.3. The highest BCUT2D eigenvalue weighted by Gasteiger charge is 2.07. The van der Waals surface area contributed by atoms with Crippen LogP contribution in [0.25, 0.3) is 0 Å². The molecule has 0 saturated carbocycles. The topological polar surface area (TPSA) is 102 Å². The zero-order valence-electron chi connectivity index (χ0n) is 6.70. The third-order valence-corrected chi connectivity index (χ3v) is 1.32. The minimum absolute atomic E-state index is 0.115. The maximum atomic E-state index is 5.50. The second kappa shape index (κ2) is 3.04. The molecule has 6 nitrogen and oxygen atoms in total. The van der Waals surface area contributed by atoms with Crippen molar-refractivity contribution in [1.29, 1.82) is 0 Å². The standard InChI is InChI=1S/C6H10N6/c1-9-3-4(7)11-6(8)12-5(3)10-2/h1H2,2H3,(H5,7,8,10,11,12). The molecular weight excluding hydrogens is 156 g/mol. The molecule has 64 valence electrons. The Morgan fingerprint density at radius 2 is 2.08 bits per heavy atom. The molecule has 0 aliphatic heterocycles. The Morgan fingerprint density at radius 3 is 2.58 bits per heavy atom. The molecule has 0 aliphatic rings. The summed E-state index contributed by atoms with van der Waals surface area (Å²) in [6.07, 6.45) is 0. The van der Waals surface area contributed by atoms with Gasteiger partial charge in [0.05, 0.1) is 0 Å². The summed E-state index contributed by atoms with van der Waals surface area (Å²) < 4.78 is 0. The van der Waals surface area contributed by atoms with Gasteiger partial charge in [-0.2, -0.15) is 9.97 Å². The van der Waals surface area contributed by atoms with Crippen molar-refractivity contribution in [2.24, 2.45) is 4.99 Å². The van der Waals surface area contributed by atoms with E-state index < -0.39 is 0 Å². The second-order valence-corrected chi connectivity index (χ2v) is 2.07. The van der Waals surface area contributed by atoms with Crippen LogP contribution in [0.15, 0.2) is 4.99 Å². The largest absolute Gasteiger partial charge is 0.382 e.